The molecule has 0 aromatic heterocycles. The third kappa shape index (κ3) is 3.29. The lowest BCUT2D eigenvalue weighted by molar-refractivity contribution is -0.394. The maximum absolute atomic E-state index is 12.3. The zero-order chi connectivity index (χ0) is 18.0. The zero-order valence-corrected chi connectivity index (χ0v) is 12.8. The lowest BCUT2D eigenvalue weighted by atomic mass is 10.1. The molecule has 0 heterocycles. The normalized spacial score (nSPS) is 10.2. The number of phenolic OH excluding ortho intramolecular Hbond substituents is 1. The van der Waals surface area contributed by atoms with Crippen molar-refractivity contribution in [2.45, 2.75) is 13.8 Å². The van der Waals surface area contributed by atoms with E-state index in [1.807, 2.05) is 13.0 Å². The average Bonchev–Trinajstić information content (AvgIpc) is 2.49. The largest absolute Gasteiger partial charge is 0.502 e. The number of rotatable bonds is 4. The first-order valence-corrected chi connectivity index (χ1v) is 6.75. The van der Waals surface area contributed by atoms with Crippen molar-refractivity contribution in [2.24, 2.45) is 0 Å². The number of hydrogen-bond acceptors (Lipinski definition) is 6. The molecule has 2 rings (SSSR count). The Morgan fingerprint density at radius 1 is 1.08 bits per heavy atom. The average molecular weight is 331 g/mol. The number of carbonyl (C=O) groups is 1. The fraction of sp³-hybridized carbons (Fsp3) is 0.133. The van der Waals surface area contributed by atoms with E-state index in [1.54, 1.807) is 19.1 Å². The molecule has 0 spiro atoms. The first kappa shape index (κ1) is 16.9. The molecule has 124 valence electrons. The molecule has 9 heteroatoms. The van der Waals surface area contributed by atoms with Gasteiger partial charge in [-0.2, -0.15) is 0 Å². The van der Waals surface area contributed by atoms with Crippen molar-refractivity contribution in [3.63, 3.8) is 0 Å². The van der Waals surface area contributed by atoms with Gasteiger partial charge in [0.15, 0.2) is 0 Å². The van der Waals surface area contributed by atoms with Crippen LogP contribution in [-0.2, 0) is 0 Å². The molecule has 0 radical (unpaired) electrons. The number of nitrogens with one attached hydrogen (secondary N) is 1. The maximum Gasteiger partial charge on any atom is 0.318 e. The molecule has 0 bridgehead atoms. The van der Waals surface area contributed by atoms with Crippen LogP contribution in [0.4, 0.5) is 17.1 Å². The second-order valence-electron chi connectivity index (χ2n) is 5.15. The Labute approximate surface area is 135 Å². The summed E-state index contributed by atoms with van der Waals surface area (Å²) in [6.07, 6.45) is 0. The Bertz CT molecular complexity index is 863. The SMILES string of the molecule is Cc1ccc(NC(=O)c2cc([N+](=O)[O-])cc([N+](=O)[O-])c2O)c(C)c1. The van der Waals surface area contributed by atoms with Gasteiger partial charge in [-0.1, -0.05) is 17.7 Å². The Hall–Kier alpha value is -3.49. The molecule has 1 amide bonds. The van der Waals surface area contributed by atoms with Crippen LogP contribution in [0.5, 0.6) is 5.75 Å². The maximum atomic E-state index is 12.3. The quantitative estimate of drug-likeness (QED) is 0.652. The van der Waals surface area contributed by atoms with Crippen molar-refractivity contribution in [3.8, 4) is 5.75 Å². The smallest absolute Gasteiger partial charge is 0.318 e. The highest BCUT2D eigenvalue weighted by Gasteiger charge is 2.27. The van der Waals surface area contributed by atoms with Crippen LogP contribution in [0.2, 0.25) is 0 Å². The predicted molar refractivity (Wildman–Crippen MR) is 85.3 cm³/mol. The number of phenols is 1. The number of nitro groups is 2. The van der Waals surface area contributed by atoms with E-state index in [4.69, 9.17) is 0 Å². The van der Waals surface area contributed by atoms with E-state index < -0.39 is 38.4 Å². The monoisotopic (exact) mass is 331 g/mol. The van der Waals surface area contributed by atoms with Gasteiger partial charge in [-0.05, 0) is 25.5 Å². The minimum Gasteiger partial charge on any atom is -0.502 e. The van der Waals surface area contributed by atoms with Gasteiger partial charge in [0.05, 0.1) is 21.5 Å². The molecule has 2 aromatic carbocycles. The van der Waals surface area contributed by atoms with Crippen molar-refractivity contribution in [3.05, 3.63) is 67.3 Å². The molecule has 0 aliphatic carbocycles. The summed E-state index contributed by atoms with van der Waals surface area (Å²) in [5.74, 6) is -1.81. The van der Waals surface area contributed by atoms with Gasteiger partial charge in [0.1, 0.15) is 0 Å². The van der Waals surface area contributed by atoms with E-state index in [-0.39, 0.29) is 0 Å². The van der Waals surface area contributed by atoms with Gasteiger partial charge >= 0.3 is 5.69 Å². The van der Waals surface area contributed by atoms with Crippen molar-refractivity contribution in [1.29, 1.82) is 0 Å². The fourth-order valence-corrected chi connectivity index (χ4v) is 2.17. The van der Waals surface area contributed by atoms with Crippen LogP contribution in [0.15, 0.2) is 30.3 Å². The minimum atomic E-state index is -0.990. The Morgan fingerprint density at radius 3 is 2.29 bits per heavy atom. The molecule has 24 heavy (non-hydrogen) atoms. The number of anilines is 1. The fourth-order valence-electron chi connectivity index (χ4n) is 2.17. The van der Waals surface area contributed by atoms with Gasteiger partial charge in [-0.3, -0.25) is 25.0 Å². The van der Waals surface area contributed by atoms with Crippen LogP contribution in [0, 0.1) is 34.1 Å². The number of carbonyl (C=O) groups excluding carboxylic acids is 1. The van der Waals surface area contributed by atoms with Crippen LogP contribution >= 0.6 is 0 Å². The number of nitrogens with zero attached hydrogens (tertiary/aromatic N) is 2. The highest BCUT2D eigenvalue weighted by molar-refractivity contribution is 6.07. The van der Waals surface area contributed by atoms with E-state index in [1.165, 1.54) is 0 Å². The van der Waals surface area contributed by atoms with Crippen molar-refractivity contribution in [1.82, 2.24) is 0 Å². The second-order valence-corrected chi connectivity index (χ2v) is 5.15. The summed E-state index contributed by atoms with van der Waals surface area (Å²) in [4.78, 5) is 32.2. The van der Waals surface area contributed by atoms with E-state index in [0.717, 1.165) is 17.2 Å². The van der Waals surface area contributed by atoms with Crippen LogP contribution in [-0.4, -0.2) is 20.9 Å². The molecule has 0 atom stereocenters. The third-order valence-corrected chi connectivity index (χ3v) is 3.36. The van der Waals surface area contributed by atoms with Crippen molar-refractivity contribution >= 4 is 23.0 Å². The summed E-state index contributed by atoms with van der Waals surface area (Å²) in [7, 11) is 0. The van der Waals surface area contributed by atoms with Gasteiger partial charge in [0.2, 0.25) is 5.75 Å². The van der Waals surface area contributed by atoms with E-state index >= 15 is 0 Å². The summed E-state index contributed by atoms with van der Waals surface area (Å²) < 4.78 is 0. The highest BCUT2D eigenvalue weighted by Crippen LogP contribution is 2.34. The Morgan fingerprint density at radius 2 is 1.75 bits per heavy atom. The second kappa shape index (κ2) is 6.32. The first-order valence-electron chi connectivity index (χ1n) is 6.75. The number of aromatic hydroxyl groups is 1. The van der Waals surface area contributed by atoms with Gasteiger partial charge in [-0.25, -0.2) is 0 Å². The molecular weight excluding hydrogens is 318 g/mol. The molecule has 9 nitrogen and oxygen atoms in total. The molecule has 0 saturated carbocycles. The van der Waals surface area contributed by atoms with Crippen LogP contribution < -0.4 is 5.32 Å². The van der Waals surface area contributed by atoms with Crippen molar-refractivity contribution in [2.75, 3.05) is 5.32 Å². The molecule has 0 saturated heterocycles. The van der Waals surface area contributed by atoms with Gasteiger partial charge < -0.3 is 10.4 Å². The highest BCUT2D eigenvalue weighted by atomic mass is 16.6. The number of non-ortho nitro benzene ring substituents is 1. The van der Waals surface area contributed by atoms with E-state index in [0.29, 0.717) is 11.8 Å². The third-order valence-electron chi connectivity index (χ3n) is 3.36. The molecule has 0 aliphatic heterocycles. The topological polar surface area (TPSA) is 136 Å². The summed E-state index contributed by atoms with van der Waals surface area (Å²) in [5, 5.41) is 34.2. The minimum absolute atomic E-state index is 0.430. The van der Waals surface area contributed by atoms with Gasteiger partial charge in [0, 0.05) is 11.8 Å². The number of nitro benzene ring substituents is 2. The lowest BCUT2D eigenvalue weighted by Crippen LogP contribution is -2.14. The van der Waals surface area contributed by atoms with Gasteiger partial charge in [-0.15, -0.1) is 0 Å². The van der Waals surface area contributed by atoms with Crippen LogP contribution in [0.25, 0.3) is 0 Å². The van der Waals surface area contributed by atoms with Gasteiger partial charge in [0.25, 0.3) is 11.6 Å². The predicted octanol–water partition coefficient (Wildman–Crippen LogP) is 3.08. The summed E-state index contributed by atoms with van der Waals surface area (Å²) in [6, 6.07) is 6.58. The number of aryl methyl sites for hydroxylation is 2. The summed E-state index contributed by atoms with van der Waals surface area (Å²) in [5.41, 5.74) is 0.0254. The summed E-state index contributed by atoms with van der Waals surface area (Å²) in [6.45, 7) is 3.62. The summed E-state index contributed by atoms with van der Waals surface area (Å²) >= 11 is 0. The molecular formula is C15H13N3O6. The molecule has 0 aliphatic rings. The molecule has 2 N–H and O–H groups in total. The van der Waals surface area contributed by atoms with Crippen molar-refractivity contribution < 1.29 is 19.7 Å². The van der Waals surface area contributed by atoms with Crippen LogP contribution in [0.3, 0.4) is 0 Å². The van der Waals surface area contributed by atoms with E-state index in [2.05, 4.69) is 5.32 Å². The number of benzene rings is 2. The van der Waals surface area contributed by atoms with E-state index in [9.17, 15) is 30.1 Å². The standard InChI is InChI=1S/C15H13N3O6/c1-8-3-4-12(9(2)5-8)16-15(20)11-6-10(17(21)22)7-13(14(11)19)18(23)24/h3-7,19H,1-2H3,(H,16,20). The Kier molecular flexibility index (Phi) is 4.45. The Balaban J connectivity index is 2.48. The molecule has 2 aromatic rings. The number of amides is 1. The number of hydrogen-bond donors (Lipinski definition) is 2. The first-order chi connectivity index (χ1) is 11.2. The lowest BCUT2D eigenvalue weighted by Gasteiger charge is -2.10. The zero-order valence-electron chi connectivity index (χ0n) is 12.8. The van der Waals surface area contributed by atoms with Crippen LogP contribution in [0.1, 0.15) is 21.5 Å². The molecule has 0 unspecified atom stereocenters. The molecule has 0 fully saturated rings.